The zero-order valence-corrected chi connectivity index (χ0v) is 18.1. The Morgan fingerprint density at radius 2 is 2.00 bits per heavy atom. The molecule has 0 radical (unpaired) electrons. The first-order valence-electron chi connectivity index (χ1n) is 11.0. The van der Waals surface area contributed by atoms with Crippen LogP contribution >= 0.6 is 0 Å². The highest BCUT2D eigenvalue weighted by Gasteiger charge is 2.31. The number of aryl methyl sites for hydroxylation is 1. The average Bonchev–Trinajstić information content (AvgIpc) is 3.50. The van der Waals surface area contributed by atoms with E-state index in [1.165, 1.54) is 0 Å². The normalized spacial score (nSPS) is 18.0. The van der Waals surface area contributed by atoms with E-state index in [0.717, 1.165) is 66.1 Å². The molecule has 0 bridgehead atoms. The van der Waals surface area contributed by atoms with Gasteiger partial charge in [-0.15, -0.1) is 0 Å². The molecule has 1 N–H and O–H groups in total. The smallest absolute Gasteiger partial charge is 0.247 e. The lowest BCUT2D eigenvalue weighted by Crippen LogP contribution is -2.39. The van der Waals surface area contributed by atoms with Gasteiger partial charge >= 0.3 is 0 Å². The van der Waals surface area contributed by atoms with Crippen molar-refractivity contribution in [2.45, 2.75) is 31.7 Å². The van der Waals surface area contributed by atoms with Crippen molar-refractivity contribution in [2.24, 2.45) is 12.0 Å². The van der Waals surface area contributed by atoms with Crippen LogP contribution in [0.3, 0.4) is 0 Å². The highest BCUT2D eigenvalue weighted by molar-refractivity contribution is 5.97. The molecule has 2 aliphatic heterocycles. The largest absolute Gasteiger partial charge is 0.360 e. The van der Waals surface area contributed by atoms with Gasteiger partial charge in [-0.25, -0.2) is 0 Å². The van der Waals surface area contributed by atoms with Crippen molar-refractivity contribution in [3.8, 4) is 11.3 Å². The minimum absolute atomic E-state index is 0.00856. The summed E-state index contributed by atoms with van der Waals surface area (Å²) < 4.78 is 1.86. The van der Waals surface area contributed by atoms with Crippen LogP contribution in [0.5, 0.6) is 0 Å². The van der Waals surface area contributed by atoms with Gasteiger partial charge in [0.1, 0.15) is 6.04 Å². The van der Waals surface area contributed by atoms with Crippen molar-refractivity contribution in [3.63, 3.8) is 0 Å². The number of benzene rings is 1. The maximum Gasteiger partial charge on any atom is 0.247 e. The van der Waals surface area contributed by atoms with Gasteiger partial charge in [-0.3, -0.25) is 19.5 Å². The first-order valence-corrected chi connectivity index (χ1v) is 11.0. The molecule has 2 aromatic heterocycles. The summed E-state index contributed by atoms with van der Waals surface area (Å²) in [5.74, 6) is 0.00856. The lowest BCUT2D eigenvalue weighted by Gasteiger charge is -2.26. The van der Waals surface area contributed by atoms with Crippen LogP contribution in [-0.4, -0.2) is 39.5 Å². The number of hydrogen-bond acceptors (Lipinski definition) is 5. The van der Waals surface area contributed by atoms with E-state index in [0.29, 0.717) is 0 Å². The zero-order chi connectivity index (χ0) is 21.9. The predicted octanol–water partition coefficient (Wildman–Crippen LogP) is 4.30. The fraction of sp³-hybridized carbons (Fsp3) is 0.280. The van der Waals surface area contributed by atoms with Gasteiger partial charge in [0.2, 0.25) is 5.91 Å². The molecular formula is C25H26N6O. The Kier molecular flexibility index (Phi) is 5.54. The minimum Gasteiger partial charge on any atom is -0.360 e. The fourth-order valence-corrected chi connectivity index (χ4v) is 4.41. The van der Waals surface area contributed by atoms with Crippen molar-refractivity contribution < 1.29 is 4.79 Å². The highest BCUT2D eigenvalue weighted by atomic mass is 16.2. The fourth-order valence-electron chi connectivity index (χ4n) is 4.41. The predicted molar refractivity (Wildman–Crippen MR) is 128 cm³/mol. The maximum absolute atomic E-state index is 13.1. The average molecular weight is 427 g/mol. The van der Waals surface area contributed by atoms with Gasteiger partial charge < -0.3 is 10.2 Å². The Hall–Kier alpha value is -3.74. The van der Waals surface area contributed by atoms with Gasteiger partial charge in [0, 0.05) is 37.9 Å². The molecule has 1 aromatic carbocycles. The number of carbonyl (C=O) groups is 1. The molecule has 1 fully saturated rings. The van der Waals surface area contributed by atoms with Gasteiger partial charge in [0.15, 0.2) is 0 Å². The first-order chi connectivity index (χ1) is 15.7. The second-order valence-corrected chi connectivity index (χ2v) is 8.18. The summed E-state index contributed by atoms with van der Waals surface area (Å²) in [6, 6.07) is 14.0. The number of carbonyl (C=O) groups excluding carboxylic acids is 1. The standard InChI is InChI=1S/C25H26N6O/c1-30-23(12-14-28-30)18-6-9-21(10-7-18)31-15-3-5-24(31)25(32)29-20-8-11-22(27-17-20)19-4-2-13-26-16-19/h6-14,16-17,24H,2-5,15H2,1H3,(H,29,32)/t24-/m0/s1. The molecule has 0 saturated carbocycles. The lowest BCUT2D eigenvalue weighted by molar-refractivity contribution is -0.117. The van der Waals surface area contributed by atoms with Gasteiger partial charge in [-0.05, 0) is 67.2 Å². The van der Waals surface area contributed by atoms with Crippen molar-refractivity contribution in [3.05, 3.63) is 66.8 Å². The SMILES string of the molecule is Cn1nccc1-c1ccc(N2CCC[C@H]2C(=O)Nc2ccc(C3=CN=CCC3)nc2)cc1. The summed E-state index contributed by atoms with van der Waals surface area (Å²) in [6.45, 7) is 0.870. The van der Waals surface area contributed by atoms with Crippen molar-refractivity contribution in [1.82, 2.24) is 14.8 Å². The summed E-state index contributed by atoms with van der Waals surface area (Å²) in [6.07, 6.45) is 11.0. The van der Waals surface area contributed by atoms with Crippen LogP contribution in [0.1, 0.15) is 31.4 Å². The molecule has 1 atom stereocenters. The molecule has 1 saturated heterocycles. The summed E-state index contributed by atoms with van der Waals surface area (Å²) in [5, 5.41) is 7.29. The van der Waals surface area contributed by atoms with Crippen LogP contribution in [0, 0.1) is 0 Å². The van der Waals surface area contributed by atoms with Gasteiger partial charge in [0.25, 0.3) is 0 Å². The van der Waals surface area contributed by atoms with Crippen LogP contribution in [0.2, 0.25) is 0 Å². The van der Waals surface area contributed by atoms with Crippen LogP contribution < -0.4 is 10.2 Å². The minimum atomic E-state index is -0.187. The maximum atomic E-state index is 13.1. The van der Waals surface area contributed by atoms with Gasteiger partial charge in [0.05, 0.1) is 23.3 Å². The topological polar surface area (TPSA) is 75.4 Å². The van der Waals surface area contributed by atoms with Gasteiger partial charge in [-0.1, -0.05) is 12.1 Å². The quantitative estimate of drug-likeness (QED) is 0.660. The third-order valence-electron chi connectivity index (χ3n) is 6.11. The molecule has 1 amide bonds. The van der Waals surface area contributed by atoms with Crippen LogP contribution in [-0.2, 0) is 11.8 Å². The molecule has 32 heavy (non-hydrogen) atoms. The van der Waals surface area contributed by atoms with E-state index < -0.39 is 0 Å². The molecule has 0 unspecified atom stereocenters. The number of amides is 1. The second-order valence-electron chi connectivity index (χ2n) is 8.18. The van der Waals surface area contributed by atoms with Crippen molar-refractivity contribution in [1.29, 1.82) is 0 Å². The number of aromatic nitrogens is 3. The number of pyridine rings is 1. The van der Waals surface area contributed by atoms with E-state index in [-0.39, 0.29) is 11.9 Å². The Labute approximate surface area is 187 Å². The monoisotopic (exact) mass is 426 g/mol. The molecule has 7 nitrogen and oxygen atoms in total. The number of hydrogen-bond donors (Lipinski definition) is 1. The van der Waals surface area contributed by atoms with Crippen LogP contribution in [0.25, 0.3) is 16.8 Å². The third kappa shape index (κ3) is 4.06. The van der Waals surface area contributed by atoms with Crippen LogP contribution in [0.4, 0.5) is 11.4 Å². The van der Waals surface area contributed by atoms with E-state index in [4.69, 9.17) is 0 Å². The molecule has 5 rings (SSSR count). The molecule has 7 heteroatoms. The Morgan fingerprint density at radius 1 is 1.12 bits per heavy atom. The summed E-state index contributed by atoms with van der Waals surface area (Å²) in [5.41, 5.74) is 6.00. The zero-order valence-electron chi connectivity index (χ0n) is 18.1. The summed E-state index contributed by atoms with van der Waals surface area (Å²) in [4.78, 5) is 24.0. The Morgan fingerprint density at radius 3 is 2.69 bits per heavy atom. The molecule has 2 aliphatic rings. The van der Waals surface area contributed by atoms with E-state index in [2.05, 4.69) is 49.6 Å². The molecule has 0 spiro atoms. The van der Waals surface area contributed by atoms with E-state index in [1.54, 1.807) is 12.4 Å². The van der Waals surface area contributed by atoms with Crippen molar-refractivity contribution in [2.75, 3.05) is 16.8 Å². The third-order valence-corrected chi connectivity index (χ3v) is 6.11. The number of anilines is 2. The summed E-state index contributed by atoms with van der Waals surface area (Å²) in [7, 11) is 1.94. The Bertz CT molecular complexity index is 1160. The number of nitrogens with zero attached hydrogens (tertiary/aromatic N) is 5. The van der Waals surface area contributed by atoms with Crippen LogP contribution in [0.15, 0.2) is 66.1 Å². The molecular weight excluding hydrogens is 400 g/mol. The molecule has 3 aromatic rings. The molecule has 162 valence electrons. The number of rotatable bonds is 5. The summed E-state index contributed by atoms with van der Waals surface area (Å²) >= 11 is 0. The lowest BCUT2D eigenvalue weighted by atomic mass is 10.1. The molecule has 4 heterocycles. The Balaban J connectivity index is 1.27. The number of nitrogens with one attached hydrogen (secondary N) is 1. The highest BCUT2D eigenvalue weighted by Crippen LogP contribution is 2.29. The van der Waals surface area contributed by atoms with Gasteiger partial charge in [-0.2, -0.15) is 5.10 Å². The number of aliphatic imine (C=N–C) groups is 1. The van der Waals surface area contributed by atoms with E-state index >= 15 is 0 Å². The molecule has 0 aliphatic carbocycles. The number of allylic oxidation sites excluding steroid dienone is 1. The van der Waals surface area contributed by atoms with E-state index in [9.17, 15) is 4.79 Å². The van der Waals surface area contributed by atoms with E-state index in [1.807, 2.05) is 42.3 Å². The second kappa shape index (κ2) is 8.78. The van der Waals surface area contributed by atoms with Crippen molar-refractivity contribution >= 4 is 29.1 Å². The first kappa shape index (κ1) is 20.2.